The molecule has 0 amide bonds. The monoisotopic (exact) mass is 416 g/mol. The van der Waals surface area contributed by atoms with E-state index >= 15 is 0 Å². The number of aromatic amines is 1. The molecule has 2 aromatic heterocycles. The van der Waals surface area contributed by atoms with Gasteiger partial charge < -0.3 is 14.3 Å². The number of hydrogen-bond acceptors (Lipinski definition) is 5. The van der Waals surface area contributed by atoms with Crippen molar-refractivity contribution < 1.29 is 13.2 Å². The molecule has 9 heteroatoms. The van der Waals surface area contributed by atoms with Crippen LogP contribution in [0.4, 0.5) is 0 Å². The number of pyridine rings is 1. The standard InChI is InChI=1S/C20H24N4O4S/c1-13-4-5-17-14(8-13)9-16(20(25)22-17)19-21-6-7-24(19)18-11-28-10-15(18)12-29(26,27)23(2)3/h4-9,15,18H,10-12H2,1-3H3,(H,22,25)/t15-,18+/m0/s1. The molecular weight excluding hydrogens is 392 g/mol. The summed E-state index contributed by atoms with van der Waals surface area (Å²) in [6.45, 7) is 2.72. The summed E-state index contributed by atoms with van der Waals surface area (Å²) in [4.78, 5) is 20.1. The minimum absolute atomic E-state index is 0.0183. The third-order valence-corrected chi connectivity index (χ3v) is 7.37. The van der Waals surface area contributed by atoms with Gasteiger partial charge in [0, 0.05) is 37.9 Å². The molecule has 0 radical (unpaired) electrons. The van der Waals surface area contributed by atoms with E-state index in [1.54, 1.807) is 12.4 Å². The molecule has 1 aromatic carbocycles. The Morgan fingerprint density at radius 1 is 1.28 bits per heavy atom. The molecule has 2 atom stereocenters. The lowest BCUT2D eigenvalue weighted by Gasteiger charge is -2.22. The Bertz CT molecular complexity index is 1210. The first-order valence-electron chi connectivity index (χ1n) is 9.41. The third-order valence-electron chi connectivity index (χ3n) is 5.41. The zero-order valence-corrected chi connectivity index (χ0v) is 17.4. The van der Waals surface area contributed by atoms with Gasteiger partial charge in [-0.1, -0.05) is 11.6 Å². The molecule has 0 saturated carbocycles. The van der Waals surface area contributed by atoms with Gasteiger partial charge in [-0.15, -0.1) is 0 Å². The van der Waals surface area contributed by atoms with Gasteiger partial charge in [0.2, 0.25) is 10.0 Å². The zero-order valence-electron chi connectivity index (χ0n) is 16.6. The molecule has 1 saturated heterocycles. The Morgan fingerprint density at radius 2 is 2.07 bits per heavy atom. The van der Waals surface area contributed by atoms with Crippen LogP contribution in [-0.4, -0.2) is 60.3 Å². The number of aromatic nitrogens is 3. The number of nitrogens with one attached hydrogen (secondary N) is 1. The van der Waals surface area contributed by atoms with E-state index in [9.17, 15) is 13.2 Å². The number of rotatable bonds is 5. The fraction of sp³-hybridized carbons (Fsp3) is 0.400. The second kappa shape index (κ2) is 7.40. The topological polar surface area (TPSA) is 97.3 Å². The van der Waals surface area contributed by atoms with Crippen LogP contribution < -0.4 is 5.56 Å². The maximum Gasteiger partial charge on any atom is 0.259 e. The summed E-state index contributed by atoms with van der Waals surface area (Å²) in [5.74, 6) is 0.268. The molecule has 1 aliphatic heterocycles. The lowest BCUT2D eigenvalue weighted by atomic mass is 10.1. The molecule has 0 bridgehead atoms. The van der Waals surface area contributed by atoms with Crippen molar-refractivity contribution in [3.63, 3.8) is 0 Å². The quantitative estimate of drug-likeness (QED) is 0.684. The summed E-state index contributed by atoms with van der Waals surface area (Å²) < 4.78 is 33.5. The van der Waals surface area contributed by atoms with Gasteiger partial charge in [0.1, 0.15) is 5.82 Å². The number of hydrogen-bond donors (Lipinski definition) is 1. The van der Waals surface area contributed by atoms with Gasteiger partial charge in [-0.3, -0.25) is 4.79 Å². The van der Waals surface area contributed by atoms with Gasteiger partial charge >= 0.3 is 0 Å². The van der Waals surface area contributed by atoms with Crippen LogP contribution in [0.5, 0.6) is 0 Å². The van der Waals surface area contributed by atoms with Crippen LogP contribution in [0.2, 0.25) is 0 Å². The highest BCUT2D eigenvalue weighted by molar-refractivity contribution is 7.89. The Balaban J connectivity index is 1.75. The number of imidazole rings is 1. The third kappa shape index (κ3) is 3.73. The van der Waals surface area contributed by atoms with Crippen molar-refractivity contribution in [1.82, 2.24) is 18.8 Å². The average molecular weight is 417 g/mol. The molecule has 8 nitrogen and oxygen atoms in total. The van der Waals surface area contributed by atoms with Gasteiger partial charge in [0.25, 0.3) is 5.56 Å². The van der Waals surface area contributed by atoms with E-state index in [0.29, 0.717) is 24.6 Å². The predicted molar refractivity (Wildman–Crippen MR) is 111 cm³/mol. The van der Waals surface area contributed by atoms with Crippen molar-refractivity contribution in [3.8, 4) is 11.4 Å². The minimum atomic E-state index is -3.37. The normalized spacial score (nSPS) is 20.0. The fourth-order valence-electron chi connectivity index (χ4n) is 3.75. The van der Waals surface area contributed by atoms with Crippen molar-refractivity contribution in [2.45, 2.75) is 13.0 Å². The largest absolute Gasteiger partial charge is 0.379 e. The SMILES string of the molecule is Cc1ccc2[nH]c(=O)c(-c3nccn3[C@@H]3COC[C@H]3CS(=O)(=O)N(C)C)cc2c1. The van der Waals surface area contributed by atoms with Crippen LogP contribution >= 0.6 is 0 Å². The highest BCUT2D eigenvalue weighted by Gasteiger charge is 2.35. The number of nitrogens with zero attached hydrogens (tertiary/aromatic N) is 3. The molecule has 1 aliphatic rings. The first kappa shape index (κ1) is 19.8. The van der Waals surface area contributed by atoms with E-state index in [1.165, 1.54) is 18.4 Å². The molecule has 154 valence electrons. The fourth-order valence-corrected chi connectivity index (χ4v) is 4.91. The van der Waals surface area contributed by atoms with E-state index < -0.39 is 10.0 Å². The molecule has 0 aliphatic carbocycles. The average Bonchev–Trinajstić information content (AvgIpc) is 3.29. The van der Waals surface area contributed by atoms with E-state index in [-0.39, 0.29) is 23.3 Å². The van der Waals surface area contributed by atoms with Gasteiger partial charge in [0.15, 0.2) is 0 Å². The highest BCUT2D eigenvalue weighted by Crippen LogP contribution is 2.31. The van der Waals surface area contributed by atoms with Gasteiger partial charge in [-0.2, -0.15) is 0 Å². The van der Waals surface area contributed by atoms with Crippen LogP contribution in [0.1, 0.15) is 11.6 Å². The number of H-pyrrole nitrogens is 1. The summed E-state index contributed by atoms with van der Waals surface area (Å²) in [6, 6.07) is 7.46. The maximum atomic E-state index is 12.7. The highest BCUT2D eigenvalue weighted by atomic mass is 32.2. The molecule has 0 unspecified atom stereocenters. The molecular formula is C20H24N4O4S. The number of fused-ring (bicyclic) bond motifs is 1. The summed E-state index contributed by atoms with van der Waals surface area (Å²) in [7, 11) is -0.319. The summed E-state index contributed by atoms with van der Waals surface area (Å²) in [6.07, 6.45) is 3.41. The lowest BCUT2D eigenvalue weighted by Crippen LogP contribution is -2.32. The van der Waals surface area contributed by atoms with E-state index in [0.717, 1.165) is 16.5 Å². The molecule has 4 rings (SSSR count). The number of aryl methyl sites for hydroxylation is 1. The van der Waals surface area contributed by atoms with Crippen molar-refractivity contribution in [1.29, 1.82) is 0 Å². The smallest absolute Gasteiger partial charge is 0.259 e. The van der Waals surface area contributed by atoms with Crippen LogP contribution in [-0.2, 0) is 14.8 Å². The first-order valence-corrected chi connectivity index (χ1v) is 11.0. The number of benzene rings is 1. The molecule has 0 spiro atoms. The summed E-state index contributed by atoms with van der Waals surface area (Å²) in [5.41, 5.74) is 2.08. The molecule has 1 fully saturated rings. The Labute approximate surface area is 169 Å². The second-order valence-corrected chi connectivity index (χ2v) is 9.91. The van der Waals surface area contributed by atoms with Crippen molar-refractivity contribution >= 4 is 20.9 Å². The van der Waals surface area contributed by atoms with Crippen LogP contribution in [0.15, 0.2) is 41.5 Å². The molecule has 3 aromatic rings. The van der Waals surface area contributed by atoms with Gasteiger partial charge in [0.05, 0.1) is 30.6 Å². The van der Waals surface area contributed by atoms with Crippen LogP contribution in [0.25, 0.3) is 22.3 Å². The summed E-state index contributed by atoms with van der Waals surface area (Å²) in [5, 5.41) is 0.920. The van der Waals surface area contributed by atoms with Crippen molar-refractivity contribution in [2.24, 2.45) is 5.92 Å². The van der Waals surface area contributed by atoms with E-state index in [4.69, 9.17) is 4.74 Å². The lowest BCUT2D eigenvalue weighted by molar-refractivity contribution is 0.182. The maximum absolute atomic E-state index is 12.7. The van der Waals surface area contributed by atoms with Gasteiger partial charge in [-0.05, 0) is 30.5 Å². The summed E-state index contributed by atoms with van der Waals surface area (Å²) >= 11 is 0. The zero-order chi connectivity index (χ0) is 20.8. The Hall–Kier alpha value is -2.49. The van der Waals surface area contributed by atoms with Crippen LogP contribution in [0.3, 0.4) is 0 Å². The van der Waals surface area contributed by atoms with Crippen molar-refractivity contribution in [2.75, 3.05) is 33.1 Å². The Morgan fingerprint density at radius 3 is 2.83 bits per heavy atom. The van der Waals surface area contributed by atoms with Crippen LogP contribution in [0, 0.1) is 12.8 Å². The molecule has 3 heterocycles. The Kier molecular flexibility index (Phi) is 5.05. The number of ether oxygens (including phenoxy) is 1. The first-order chi connectivity index (χ1) is 13.8. The minimum Gasteiger partial charge on any atom is -0.379 e. The van der Waals surface area contributed by atoms with Gasteiger partial charge in [-0.25, -0.2) is 17.7 Å². The second-order valence-electron chi connectivity index (χ2n) is 7.69. The predicted octanol–water partition coefficient (Wildman–Crippen LogP) is 1.78. The van der Waals surface area contributed by atoms with E-state index in [2.05, 4.69) is 9.97 Å². The van der Waals surface area contributed by atoms with Crippen molar-refractivity contribution in [3.05, 3.63) is 52.6 Å². The molecule has 1 N–H and O–H groups in total. The molecule has 29 heavy (non-hydrogen) atoms. The number of sulfonamides is 1. The van der Waals surface area contributed by atoms with E-state index in [1.807, 2.05) is 35.8 Å².